The zero-order valence-electron chi connectivity index (χ0n) is 15.1. The second-order valence-corrected chi connectivity index (χ2v) is 12.8. The first-order valence-corrected chi connectivity index (χ1v) is 11.6. The molecule has 1 heteroatoms. The van der Waals surface area contributed by atoms with E-state index in [4.69, 9.17) is 0 Å². The number of hydrogen-bond donors (Lipinski definition) is 0. The van der Waals surface area contributed by atoms with Crippen LogP contribution in [0.3, 0.4) is 0 Å². The van der Waals surface area contributed by atoms with Gasteiger partial charge >= 0.3 is 0 Å². The molecule has 1 aromatic rings. The molecule has 0 saturated carbocycles. The Kier molecular flexibility index (Phi) is 4.35. The zero-order valence-corrected chi connectivity index (χ0v) is 16.1. The van der Waals surface area contributed by atoms with Crippen LogP contribution in [0.5, 0.6) is 0 Å². The molecule has 0 radical (unpaired) electrons. The first kappa shape index (κ1) is 16.3. The van der Waals surface area contributed by atoms with E-state index in [1.807, 2.05) is 0 Å². The first-order valence-electron chi connectivity index (χ1n) is 8.08. The van der Waals surface area contributed by atoms with Crippen LogP contribution in [-0.4, -0.2) is 8.07 Å². The van der Waals surface area contributed by atoms with Gasteiger partial charge in [-0.05, 0) is 80.8 Å². The Labute approximate surface area is 132 Å². The zero-order chi connectivity index (χ0) is 15.9. The Bertz CT molecular complexity index is 608. The van der Waals surface area contributed by atoms with E-state index < -0.39 is 8.07 Å². The summed E-state index contributed by atoms with van der Waals surface area (Å²) in [4.78, 5) is 0. The van der Waals surface area contributed by atoms with Crippen LogP contribution in [0.15, 0.2) is 22.9 Å². The van der Waals surface area contributed by atoms with Gasteiger partial charge in [0.25, 0.3) is 0 Å². The minimum Gasteiger partial charge on any atom is -0.0812 e. The summed E-state index contributed by atoms with van der Waals surface area (Å²) in [6.45, 7) is 18.7. The largest absolute Gasteiger partial charge is 0.0812 e. The van der Waals surface area contributed by atoms with Crippen LogP contribution < -0.4 is 0 Å². The first-order chi connectivity index (χ1) is 9.62. The smallest absolute Gasteiger partial charge is 0.0771 e. The number of allylic oxidation sites excluding steroid dienone is 4. The van der Waals surface area contributed by atoms with Crippen molar-refractivity contribution in [1.29, 1.82) is 0 Å². The van der Waals surface area contributed by atoms with Crippen LogP contribution in [0.1, 0.15) is 39.8 Å². The summed E-state index contributed by atoms with van der Waals surface area (Å²) >= 11 is 0. The Morgan fingerprint density at radius 2 is 1.29 bits per heavy atom. The average molecular weight is 299 g/mol. The SMILES string of the molecule is Cc1c(C)c(C)c(CC2=CC([Si](C)(C)C)=CC2)c(C)c1C. The molecule has 0 unspecified atom stereocenters. The summed E-state index contributed by atoms with van der Waals surface area (Å²) in [6, 6.07) is 0. The van der Waals surface area contributed by atoms with Crippen molar-refractivity contribution in [2.75, 3.05) is 0 Å². The van der Waals surface area contributed by atoms with Gasteiger partial charge in [0.05, 0.1) is 8.07 Å². The third-order valence-electron chi connectivity index (χ3n) is 5.37. The van der Waals surface area contributed by atoms with Gasteiger partial charge in [0.1, 0.15) is 0 Å². The van der Waals surface area contributed by atoms with Gasteiger partial charge in [0.2, 0.25) is 0 Å². The van der Waals surface area contributed by atoms with E-state index in [1.165, 1.54) is 27.8 Å². The molecule has 0 fully saturated rings. The van der Waals surface area contributed by atoms with Crippen LogP contribution in [0.2, 0.25) is 19.6 Å². The maximum atomic E-state index is 2.50. The fourth-order valence-corrected chi connectivity index (χ4v) is 4.65. The lowest BCUT2D eigenvalue weighted by molar-refractivity contribution is 1.02. The van der Waals surface area contributed by atoms with Gasteiger partial charge < -0.3 is 0 Å². The molecule has 1 aliphatic rings. The Morgan fingerprint density at radius 3 is 1.71 bits per heavy atom. The van der Waals surface area contributed by atoms with E-state index in [0.717, 1.165) is 12.8 Å². The minimum absolute atomic E-state index is 1.13. The van der Waals surface area contributed by atoms with Gasteiger partial charge in [0.15, 0.2) is 0 Å². The normalized spacial score (nSPS) is 15.2. The molecular formula is C20H30Si. The minimum atomic E-state index is -1.16. The summed E-state index contributed by atoms with van der Waals surface area (Å²) in [5.74, 6) is 0. The highest BCUT2D eigenvalue weighted by atomic mass is 28.3. The van der Waals surface area contributed by atoms with Crippen LogP contribution in [-0.2, 0) is 6.42 Å². The van der Waals surface area contributed by atoms with E-state index in [-0.39, 0.29) is 0 Å². The van der Waals surface area contributed by atoms with Gasteiger partial charge in [0, 0.05) is 0 Å². The molecule has 114 valence electrons. The number of hydrogen-bond acceptors (Lipinski definition) is 0. The summed E-state index contributed by atoms with van der Waals surface area (Å²) in [5.41, 5.74) is 10.6. The van der Waals surface area contributed by atoms with Gasteiger partial charge in [-0.15, -0.1) is 0 Å². The van der Waals surface area contributed by atoms with Crippen molar-refractivity contribution in [3.05, 3.63) is 56.3 Å². The fraction of sp³-hybridized carbons (Fsp3) is 0.500. The third-order valence-corrected chi connectivity index (χ3v) is 7.45. The number of rotatable bonds is 3. The summed E-state index contributed by atoms with van der Waals surface area (Å²) in [7, 11) is -1.16. The Hall–Kier alpha value is -1.08. The summed E-state index contributed by atoms with van der Waals surface area (Å²) < 4.78 is 0. The topological polar surface area (TPSA) is 0 Å². The molecule has 0 aliphatic heterocycles. The average Bonchev–Trinajstić information content (AvgIpc) is 2.88. The molecule has 0 N–H and O–H groups in total. The molecule has 0 bridgehead atoms. The van der Waals surface area contributed by atoms with E-state index >= 15 is 0 Å². The molecule has 1 aliphatic carbocycles. The lowest BCUT2D eigenvalue weighted by atomic mass is 9.86. The van der Waals surface area contributed by atoms with Crippen molar-refractivity contribution in [3.63, 3.8) is 0 Å². The molecule has 1 aromatic carbocycles. The van der Waals surface area contributed by atoms with Crippen molar-refractivity contribution in [3.8, 4) is 0 Å². The van der Waals surface area contributed by atoms with E-state index in [0.29, 0.717) is 0 Å². The molecule has 2 rings (SSSR count). The Balaban J connectivity index is 2.35. The molecule has 0 atom stereocenters. The van der Waals surface area contributed by atoms with E-state index in [9.17, 15) is 0 Å². The molecule has 0 amide bonds. The predicted octanol–water partition coefficient (Wildman–Crippen LogP) is 5.91. The lowest BCUT2D eigenvalue weighted by Gasteiger charge is -2.19. The van der Waals surface area contributed by atoms with Crippen LogP contribution >= 0.6 is 0 Å². The molecule has 0 saturated heterocycles. The quantitative estimate of drug-likeness (QED) is 0.609. The molecule has 21 heavy (non-hydrogen) atoms. The summed E-state index contributed by atoms with van der Waals surface area (Å²) in [5, 5.41) is 1.63. The molecule has 0 heterocycles. The highest BCUT2D eigenvalue weighted by molar-refractivity contribution is 6.83. The van der Waals surface area contributed by atoms with E-state index in [2.05, 4.69) is 66.4 Å². The van der Waals surface area contributed by atoms with Gasteiger partial charge in [-0.1, -0.05) is 42.6 Å². The highest BCUT2D eigenvalue weighted by Crippen LogP contribution is 2.32. The molecule has 0 nitrogen and oxygen atoms in total. The number of benzene rings is 1. The molecule has 0 aromatic heterocycles. The molecule has 0 spiro atoms. The maximum Gasteiger partial charge on any atom is 0.0771 e. The standard InChI is InChI=1S/C20H30Si/c1-13-14(2)16(4)20(17(5)15(13)3)12-18-9-10-19(11-18)21(6,7)8/h10-11H,9,12H2,1-8H3. The van der Waals surface area contributed by atoms with Crippen molar-refractivity contribution in [1.82, 2.24) is 0 Å². The van der Waals surface area contributed by atoms with E-state index in [1.54, 1.807) is 16.3 Å². The predicted molar refractivity (Wildman–Crippen MR) is 98.0 cm³/mol. The van der Waals surface area contributed by atoms with Crippen LogP contribution in [0, 0.1) is 34.6 Å². The van der Waals surface area contributed by atoms with Crippen LogP contribution in [0.4, 0.5) is 0 Å². The van der Waals surface area contributed by atoms with Crippen LogP contribution in [0.25, 0.3) is 0 Å². The van der Waals surface area contributed by atoms with Gasteiger partial charge in [-0.3, -0.25) is 0 Å². The maximum absolute atomic E-state index is 2.50. The van der Waals surface area contributed by atoms with Crippen molar-refractivity contribution in [2.45, 2.75) is 67.1 Å². The molecular weight excluding hydrogens is 268 g/mol. The highest BCUT2D eigenvalue weighted by Gasteiger charge is 2.22. The lowest BCUT2D eigenvalue weighted by Crippen LogP contribution is -2.21. The second-order valence-electron chi connectivity index (χ2n) is 7.70. The van der Waals surface area contributed by atoms with Gasteiger partial charge in [-0.25, -0.2) is 0 Å². The van der Waals surface area contributed by atoms with Crippen molar-refractivity contribution in [2.24, 2.45) is 0 Å². The third kappa shape index (κ3) is 3.08. The van der Waals surface area contributed by atoms with Gasteiger partial charge in [-0.2, -0.15) is 0 Å². The summed E-state index contributed by atoms with van der Waals surface area (Å²) in [6.07, 6.45) is 7.25. The second kappa shape index (κ2) is 5.60. The fourth-order valence-electron chi connectivity index (χ4n) is 3.29. The monoisotopic (exact) mass is 298 g/mol. The van der Waals surface area contributed by atoms with Crippen molar-refractivity contribution < 1.29 is 0 Å². The Morgan fingerprint density at radius 1 is 0.810 bits per heavy atom. The van der Waals surface area contributed by atoms with Crippen molar-refractivity contribution >= 4 is 8.07 Å².